The first-order valence-electron chi connectivity index (χ1n) is 8.18. The lowest BCUT2D eigenvalue weighted by atomic mass is 10.2. The van der Waals surface area contributed by atoms with Crippen LogP contribution < -0.4 is 10.6 Å². The van der Waals surface area contributed by atoms with Crippen LogP contribution in [-0.4, -0.2) is 36.2 Å². The Morgan fingerprint density at radius 2 is 1.76 bits per heavy atom. The molecule has 2 amide bonds. The van der Waals surface area contributed by atoms with Crippen LogP contribution in [0.4, 0.5) is 4.79 Å². The molecule has 0 bridgehead atoms. The highest BCUT2D eigenvalue weighted by molar-refractivity contribution is 5.88. The molecule has 0 spiro atoms. The number of hydrogen-bond acceptors (Lipinski definition) is 5. The zero-order valence-corrected chi connectivity index (χ0v) is 15.1. The lowest BCUT2D eigenvalue weighted by Crippen LogP contribution is -2.46. The summed E-state index contributed by atoms with van der Waals surface area (Å²) in [4.78, 5) is 36.0. The molecule has 7 heteroatoms. The number of amides is 2. The molecule has 0 aromatic heterocycles. The average molecular weight is 350 g/mol. The van der Waals surface area contributed by atoms with Gasteiger partial charge in [-0.2, -0.15) is 0 Å². The maximum absolute atomic E-state index is 12.3. The van der Waals surface area contributed by atoms with E-state index in [2.05, 4.69) is 10.6 Å². The van der Waals surface area contributed by atoms with Crippen LogP contribution in [0.2, 0.25) is 0 Å². The molecule has 7 nitrogen and oxygen atoms in total. The van der Waals surface area contributed by atoms with Gasteiger partial charge in [-0.3, -0.25) is 4.79 Å². The molecule has 0 aliphatic carbocycles. The van der Waals surface area contributed by atoms with Gasteiger partial charge in [0.1, 0.15) is 18.2 Å². The third kappa shape index (κ3) is 8.74. The standard InChI is InChI=1S/C18H26N2O5/c1-5-19-15(21)11-14(20-17(23)25-18(2,3)4)16(22)24-12-13-9-7-6-8-10-13/h6-10,14H,5,11-12H2,1-4H3,(H,19,21)(H,20,23)/t14-/m0/s1. The molecule has 0 aliphatic heterocycles. The second kappa shape index (κ2) is 9.66. The first-order valence-corrected chi connectivity index (χ1v) is 8.18. The number of hydrogen-bond donors (Lipinski definition) is 2. The minimum Gasteiger partial charge on any atom is -0.459 e. The largest absolute Gasteiger partial charge is 0.459 e. The highest BCUT2D eigenvalue weighted by Gasteiger charge is 2.27. The van der Waals surface area contributed by atoms with E-state index in [1.807, 2.05) is 30.3 Å². The molecular formula is C18H26N2O5. The molecule has 0 aliphatic rings. The first kappa shape index (κ1) is 20.5. The predicted molar refractivity (Wildman–Crippen MR) is 92.7 cm³/mol. The van der Waals surface area contributed by atoms with Gasteiger partial charge in [-0.15, -0.1) is 0 Å². The van der Waals surface area contributed by atoms with E-state index in [4.69, 9.17) is 9.47 Å². The van der Waals surface area contributed by atoms with Crippen molar-refractivity contribution in [2.24, 2.45) is 0 Å². The summed E-state index contributed by atoms with van der Waals surface area (Å²) >= 11 is 0. The van der Waals surface area contributed by atoms with Gasteiger partial charge in [-0.1, -0.05) is 30.3 Å². The van der Waals surface area contributed by atoms with Crippen LogP contribution in [-0.2, 0) is 25.7 Å². The summed E-state index contributed by atoms with van der Waals surface area (Å²) in [7, 11) is 0. The molecular weight excluding hydrogens is 324 g/mol. The van der Waals surface area contributed by atoms with Gasteiger partial charge in [0, 0.05) is 6.54 Å². The van der Waals surface area contributed by atoms with Crippen molar-refractivity contribution in [1.82, 2.24) is 10.6 Å². The summed E-state index contributed by atoms with van der Waals surface area (Å²) in [6.07, 6.45) is -1.00. The molecule has 2 N–H and O–H groups in total. The molecule has 138 valence electrons. The van der Waals surface area contributed by atoms with Crippen molar-refractivity contribution < 1.29 is 23.9 Å². The number of carbonyl (C=O) groups excluding carboxylic acids is 3. The predicted octanol–water partition coefficient (Wildman–Crippen LogP) is 2.15. The Bertz CT molecular complexity index is 581. The lowest BCUT2D eigenvalue weighted by molar-refractivity contribution is -0.149. The molecule has 1 rings (SSSR count). The second-order valence-electron chi connectivity index (χ2n) is 6.45. The zero-order chi connectivity index (χ0) is 18.9. The maximum atomic E-state index is 12.3. The fourth-order valence-corrected chi connectivity index (χ4v) is 1.93. The monoisotopic (exact) mass is 350 g/mol. The molecule has 0 saturated heterocycles. The van der Waals surface area contributed by atoms with Crippen molar-refractivity contribution in [3.05, 3.63) is 35.9 Å². The Hall–Kier alpha value is -2.57. The number of nitrogens with one attached hydrogen (secondary N) is 2. The van der Waals surface area contributed by atoms with Crippen molar-refractivity contribution in [1.29, 1.82) is 0 Å². The minimum atomic E-state index is -1.12. The van der Waals surface area contributed by atoms with E-state index in [0.29, 0.717) is 6.54 Å². The molecule has 25 heavy (non-hydrogen) atoms. The average Bonchev–Trinajstić information content (AvgIpc) is 2.51. The van der Waals surface area contributed by atoms with E-state index in [0.717, 1.165) is 5.56 Å². The molecule has 1 atom stereocenters. The van der Waals surface area contributed by atoms with E-state index >= 15 is 0 Å². The van der Waals surface area contributed by atoms with E-state index in [9.17, 15) is 14.4 Å². The number of rotatable bonds is 7. The fraction of sp³-hybridized carbons (Fsp3) is 0.500. The third-order valence-corrected chi connectivity index (χ3v) is 2.96. The normalized spacial score (nSPS) is 12.0. The number of benzene rings is 1. The summed E-state index contributed by atoms with van der Waals surface area (Å²) in [5, 5.41) is 4.99. The Labute approximate surface area is 148 Å². The number of ether oxygens (including phenoxy) is 2. The van der Waals surface area contributed by atoms with Gasteiger partial charge in [0.25, 0.3) is 0 Å². The summed E-state index contributed by atoms with van der Waals surface area (Å²) in [5.41, 5.74) is 0.0960. The van der Waals surface area contributed by atoms with Crippen molar-refractivity contribution in [2.45, 2.75) is 52.4 Å². The van der Waals surface area contributed by atoms with Crippen LogP contribution in [0.3, 0.4) is 0 Å². The van der Waals surface area contributed by atoms with Crippen molar-refractivity contribution in [2.75, 3.05) is 6.54 Å². The van der Waals surface area contributed by atoms with Crippen molar-refractivity contribution >= 4 is 18.0 Å². The van der Waals surface area contributed by atoms with Crippen LogP contribution >= 0.6 is 0 Å². The van der Waals surface area contributed by atoms with E-state index in [1.165, 1.54) is 0 Å². The van der Waals surface area contributed by atoms with Crippen LogP contribution in [0.25, 0.3) is 0 Å². The van der Waals surface area contributed by atoms with Crippen LogP contribution in [0.1, 0.15) is 39.7 Å². The van der Waals surface area contributed by atoms with E-state index < -0.39 is 23.7 Å². The highest BCUT2D eigenvalue weighted by Crippen LogP contribution is 2.08. The first-order chi connectivity index (χ1) is 11.7. The van der Waals surface area contributed by atoms with Crippen molar-refractivity contribution in [3.63, 3.8) is 0 Å². The quantitative estimate of drug-likeness (QED) is 0.735. The number of carbonyl (C=O) groups is 3. The smallest absolute Gasteiger partial charge is 0.408 e. The van der Waals surface area contributed by atoms with Gasteiger partial charge < -0.3 is 20.1 Å². The van der Waals surface area contributed by atoms with E-state index in [-0.39, 0.29) is 18.9 Å². The highest BCUT2D eigenvalue weighted by atomic mass is 16.6. The zero-order valence-electron chi connectivity index (χ0n) is 15.1. The van der Waals surface area contributed by atoms with Crippen LogP contribution in [0.15, 0.2) is 30.3 Å². The second-order valence-corrected chi connectivity index (χ2v) is 6.45. The van der Waals surface area contributed by atoms with Gasteiger partial charge in [-0.05, 0) is 33.3 Å². The van der Waals surface area contributed by atoms with Crippen molar-refractivity contribution in [3.8, 4) is 0 Å². The van der Waals surface area contributed by atoms with Gasteiger partial charge in [0.15, 0.2) is 0 Å². The molecule has 0 heterocycles. The Morgan fingerprint density at radius 3 is 2.32 bits per heavy atom. The summed E-state index contributed by atoms with van der Waals surface area (Å²) in [6.45, 7) is 7.37. The maximum Gasteiger partial charge on any atom is 0.408 e. The third-order valence-electron chi connectivity index (χ3n) is 2.96. The Morgan fingerprint density at radius 1 is 1.12 bits per heavy atom. The molecule has 0 unspecified atom stereocenters. The molecule has 0 saturated carbocycles. The summed E-state index contributed by atoms with van der Waals surface area (Å²) < 4.78 is 10.3. The SMILES string of the molecule is CCNC(=O)C[C@H](NC(=O)OC(C)(C)C)C(=O)OCc1ccccc1. The lowest BCUT2D eigenvalue weighted by Gasteiger charge is -2.22. The number of alkyl carbamates (subject to hydrolysis) is 1. The topological polar surface area (TPSA) is 93.7 Å². The Balaban J connectivity index is 2.69. The van der Waals surface area contributed by atoms with E-state index in [1.54, 1.807) is 27.7 Å². The van der Waals surface area contributed by atoms with Gasteiger partial charge in [0.05, 0.1) is 6.42 Å². The van der Waals surface area contributed by atoms with Gasteiger partial charge >= 0.3 is 12.1 Å². The van der Waals surface area contributed by atoms with Crippen LogP contribution in [0, 0.1) is 0 Å². The summed E-state index contributed by atoms with van der Waals surface area (Å²) in [5.74, 6) is -1.05. The fourth-order valence-electron chi connectivity index (χ4n) is 1.93. The molecule has 1 aromatic carbocycles. The van der Waals surface area contributed by atoms with Crippen LogP contribution in [0.5, 0.6) is 0 Å². The Kier molecular flexibility index (Phi) is 7.91. The molecule has 1 aromatic rings. The van der Waals surface area contributed by atoms with Gasteiger partial charge in [-0.25, -0.2) is 9.59 Å². The number of esters is 1. The van der Waals surface area contributed by atoms with Gasteiger partial charge in [0.2, 0.25) is 5.91 Å². The molecule has 0 fully saturated rings. The molecule has 0 radical (unpaired) electrons. The summed E-state index contributed by atoms with van der Waals surface area (Å²) in [6, 6.07) is 8.02. The minimum absolute atomic E-state index is 0.0571.